The number of likely N-dealkylation sites (tertiary alicyclic amines) is 1. The van der Waals surface area contributed by atoms with Gasteiger partial charge in [-0.05, 0) is 73.9 Å². The molecule has 8 nitrogen and oxygen atoms in total. The highest BCUT2D eigenvalue weighted by Crippen LogP contribution is 2.30. The number of nitrogens with one attached hydrogen (secondary N) is 1. The first-order valence-electron chi connectivity index (χ1n) is 11.2. The average Bonchev–Trinajstić information content (AvgIpc) is 3.44. The largest absolute Gasteiger partial charge is 0.492 e. The Morgan fingerprint density at radius 2 is 2.00 bits per heavy atom. The maximum atomic E-state index is 12.8. The van der Waals surface area contributed by atoms with Gasteiger partial charge in [0.1, 0.15) is 12.4 Å². The highest BCUT2D eigenvalue weighted by molar-refractivity contribution is 8.26. The molecule has 1 amide bonds. The fraction of sp³-hybridized carbons (Fsp3) is 0.333. The minimum Gasteiger partial charge on any atom is -0.492 e. The summed E-state index contributed by atoms with van der Waals surface area (Å²) in [5.74, 6) is 0.493. The van der Waals surface area contributed by atoms with E-state index in [9.17, 15) is 4.79 Å². The molecule has 1 aromatic carbocycles. The molecule has 1 aromatic heterocycles. The maximum Gasteiger partial charge on any atom is 0.283 e. The smallest absolute Gasteiger partial charge is 0.283 e. The number of thioether (sulfide) groups is 1. The number of benzene rings is 1. The van der Waals surface area contributed by atoms with Crippen molar-refractivity contribution in [1.29, 1.82) is 5.41 Å². The number of carbonyl (C=O) groups excluding carboxylic acids is 1. The quantitative estimate of drug-likeness (QED) is 0.681. The molecule has 1 fully saturated rings. The number of aliphatic imine (C=N–C) groups is 1. The molecule has 4 heterocycles. The van der Waals surface area contributed by atoms with Crippen molar-refractivity contribution in [3.8, 4) is 5.75 Å². The first-order valence-corrected chi connectivity index (χ1v) is 12.0. The fourth-order valence-electron chi connectivity index (χ4n) is 4.07. The third-order valence-electron chi connectivity index (χ3n) is 5.82. The van der Waals surface area contributed by atoms with Crippen molar-refractivity contribution in [3.05, 3.63) is 59.4 Å². The summed E-state index contributed by atoms with van der Waals surface area (Å²) in [7, 11) is 0. The van der Waals surface area contributed by atoms with Crippen molar-refractivity contribution < 1.29 is 9.53 Å². The zero-order chi connectivity index (χ0) is 22.8. The van der Waals surface area contributed by atoms with Crippen LogP contribution in [0.4, 0.5) is 0 Å². The van der Waals surface area contributed by atoms with E-state index in [0.29, 0.717) is 18.3 Å². The molecule has 170 valence electrons. The number of amides is 1. The lowest BCUT2D eigenvalue weighted by molar-refractivity contribution is -0.114. The van der Waals surface area contributed by atoms with E-state index in [-0.39, 0.29) is 11.4 Å². The summed E-state index contributed by atoms with van der Waals surface area (Å²) in [6.07, 6.45) is 7.17. The molecule has 0 aliphatic carbocycles. The number of hydrogen-bond donors (Lipinski definition) is 1. The second-order valence-electron chi connectivity index (χ2n) is 8.24. The van der Waals surface area contributed by atoms with E-state index in [0.717, 1.165) is 48.1 Å². The van der Waals surface area contributed by atoms with Gasteiger partial charge in [0.15, 0.2) is 11.0 Å². The average molecular weight is 463 g/mol. The molecule has 0 saturated carbocycles. The molecule has 33 heavy (non-hydrogen) atoms. The molecule has 5 rings (SSSR count). The number of rotatable bonds is 5. The molecule has 3 aliphatic heterocycles. The van der Waals surface area contributed by atoms with Crippen molar-refractivity contribution in [2.24, 2.45) is 10.1 Å². The Morgan fingerprint density at radius 1 is 1.15 bits per heavy atom. The zero-order valence-electron chi connectivity index (χ0n) is 18.5. The number of carbonyl (C=O) groups is 1. The van der Waals surface area contributed by atoms with E-state index >= 15 is 0 Å². The molecule has 0 bridgehead atoms. The summed E-state index contributed by atoms with van der Waals surface area (Å²) in [6.45, 7) is 5.05. The predicted molar refractivity (Wildman–Crippen MR) is 132 cm³/mol. The van der Waals surface area contributed by atoms with Gasteiger partial charge < -0.3 is 14.2 Å². The maximum absolute atomic E-state index is 12.8. The second kappa shape index (κ2) is 9.27. The van der Waals surface area contributed by atoms with Gasteiger partial charge in [-0.1, -0.05) is 12.1 Å². The molecule has 0 unspecified atom stereocenters. The lowest BCUT2D eigenvalue weighted by Gasteiger charge is -2.26. The summed E-state index contributed by atoms with van der Waals surface area (Å²) in [5, 5.41) is 16.0. The van der Waals surface area contributed by atoms with E-state index in [1.165, 1.54) is 23.2 Å². The Labute approximate surface area is 197 Å². The van der Waals surface area contributed by atoms with Crippen LogP contribution in [0, 0.1) is 12.3 Å². The van der Waals surface area contributed by atoms with Gasteiger partial charge in [0.05, 0.1) is 12.1 Å². The summed E-state index contributed by atoms with van der Waals surface area (Å²) >= 11 is 1.37. The zero-order valence-corrected chi connectivity index (χ0v) is 19.3. The van der Waals surface area contributed by atoms with Crippen LogP contribution in [0.2, 0.25) is 0 Å². The number of piperidine rings is 1. The Bertz CT molecular complexity index is 1180. The number of nitrogens with zero attached hydrogens (tertiary/aromatic N) is 5. The van der Waals surface area contributed by atoms with Crippen LogP contribution in [-0.4, -0.2) is 56.3 Å². The number of fused-ring (bicyclic) bond motifs is 1. The Balaban J connectivity index is 1.30. The molecule has 3 aliphatic rings. The molecule has 9 heteroatoms. The number of hydrogen-bond acceptors (Lipinski definition) is 6. The van der Waals surface area contributed by atoms with Crippen LogP contribution in [0.25, 0.3) is 6.08 Å². The van der Waals surface area contributed by atoms with Gasteiger partial charge >= 0.3 is 0 Å². The first kappa shape index (κ1) is 21.5. The van der Waals surface area contributed by atoms with Gasteiger partial charge in [-0.3, -0.25) is 10.2 Å². The van der Waals surface area contributed by atoms with Gasteiger partial charge in [0.25, 0.3) is 5.91 Å². The van der Waals surface area contributed by atoms with Crippen LogP contribution in [0.15, 0.2) is 58.3 Å². The van der Waals surface area contributed by atoms with E-state index in [4.69, 9.17) is 10.1 Å². The highest BCUT2D eigenvalue weighted by atomic mass is 32.2. The van der Waals surface area contributed by atoms with Crippen LogP contribution < -0.4 is 4.74 Å². The molecule has 1 N–H and O–H groups in total. The molecule has 2 aromatic rings. The fourth-order valence-corrected chi connectivity index (χ4v) is 5.02. The highest BCUT2D eigenvalue weighted by Gasteiger charge is 2.37. The van der Waals surface area contributed by atoms with Crippen LogP contribution in [0.5, 0.6) is 5.75 Å². The van der Waals surface area contributed by atoms with Crippen molar-refractivity contribution in [1.82, 2.24) is 14.5 Å². The number of hydrazone groups is 1. The van der Waals surface area contributed by atoms with E-state index < -0.39 is 5.91 Å². The number of aromatic nitrogens is 1. The normalized spacial score (nSPS) is 19.6. The van der Waals surface area contributed by atoms with Gasteiger partial charge in [-0.15, -0.1) is 5.10 Å². The predicted octanol–water partition coefficient (Wildman–Crippen LogP) is 3.94. The van der Waals surface area contributed by atoms with Gasteiger partial charge in [0.2, 0.25) is 5.17 Å². The van der Waals surface area contributed by atoms with Crippen molar-refractivity contribution in [2.45, 2.75) is 32.7 Å². The molecule has 1 saturated heterocycles. The van der Waals surface area contributed by atoms with Crippen LogP contribution in [0.1, 0.15) is 30.5 Å². The van der Waals surface area contributed by atoms with Crippen LogP contribution >= 0.6 is 11.8 Å². The van der Waals surface area contributed by atoms with Gasteiger partial charge in [0, 0.05) is 25.0 Å². The van der Waals surface area contributed by atoms with E-state index in [1.54, 1.807) is 6.08 Å². The van der Waals surface area contributed by atoms with E-state index in [2.05, 4.69) is 15.0 Å². The minimum atomic E-state index is -0.405. The Hall–Kier alpha value is -3.33. The van der Waals surface area contributed by atoms with E-state index in [1.807, 2.05) is 54.1 Å². The summed E-state index contributed by atoms with van der Waals surface area (Å²) in [6, 6.07) is 11.8. The molecule has 0 spiro atoms. The third-order valence-corrected chi connectivity index (χ3v) is 6.79. The topological polar surface area (TPSA) is 86.3 Å². The van der Waals surface area contributed by atoms with Crippen LogP contribution in [0.3, 0.4) is 0 Å². The summed E-state index contributed by atoms with van der Waals surface area (Å²) in [5.41, 5.74) is 2.21. The molecular weight excluding hydrogens is 436 g/mol. The summed E-state index contributed by atoms with van der Waals surface area (Å²) in [4.78, 5) is 19.2. The third kappa shape index (κ3) is 4.59. The first-order chi connectivity index (χ1) is 16.1. The lowest BCUT2D eigenvalue weighted by atomic mass is 10.1. The lowest BCUT2D eigenvalue weighted by Crippen LogP contribution is -2.35. The SMILES string of the molecule is Cc1cccc(OCCn2cccc2/C=C2\C(=N)N3N=C(N4CCCCC4)SC3=NC2=O)c1. The second-order valence-corrected chi connectivity index (χ2v) is 9.18. The number of aryl methyl sites for hydroxylation is 1. The molecule has 0 radical (unpaired) electrons. The number of ether oxygens (including phenoxy) is 1. The molecular formula is C24H26N6O2S. The Morgan fingerprint density at radius 3 is 2.82 bits per heavy atom. The van der Waals surface area contributed by atoms with Crippen molar-refractivity contribution in [3.63, 3.8) is 0 Å². The Kier molecular flexibility index (Phi) is 6.04. The summed E-state index contributed by atoms with van der Waals surface area (Å²) < 4.78 is 7.87. The van der Waals surface area contributed by atoms with Crippen molar-refractivity contribution >= 4 is 39.9 Å². The van der Waals surface area contributed by atoms with Gasteiger partial charge in [-0.2, -0.15) is 10.0 Å². The minimum absolute atomic E-state index is 0.0632. The number of amidine groups is 3. The molecule has 0 atom stereocenters. The standard InChI is InChI=1S/C24H26N6O2S/c1-17-7-5-9-19(15-17)32-14-13-28-12-6-8-18(28)16-20-21(25)30-23(26-22(20)31)33-24(27-30)29-10-3-2-4-11-29/h5-9,12,15-16,25H,2-4,10-11,13-14H2,1H3/b20-16+,25-21?. The van der Waals surface area contributed by atoms with Crippen molar-refractivity contribution in [2.75, 3.05) is 19.7 Å². The van der Waals surface area contributed by atoms with Crippen LogP contribution in [-0.2, 0) is 11.3 Å². The monoisotopic (exact) mass is 462 g/mol. The van der Waals surface area contributed by atoms with Gasteiger partial charge in [-0.25, -0.2) is 0 Å².